The molecule has 2 aromatic carbocycles. The molecule has 0 aliphatic carbocycles. The highest BCUT2D eigenvalue weighted by Crippen LogP contribution is 2.42. The summed E-state index contributed by atoms with van der Waals surface area (Å²) in [5.41, 5.74) is 2.77. The number of rotatable bonds is 2. The quantitative estimate of drug-likeness (QED) is 0.741. The predicted molar refractivity (Wildman–Crippen MR) is 105 cm³/mol. The summed E-state index contributed by atoms with van der Waals surface area (Å²) in [6, 6.07) is 14.4. The molecule has 0 bridgehead atoms. The van der Waals surface area contributed by atoms with Gasteiger partial charge < -0.3 is 15.3 Å². The monoisotopic (exact) mass is 397 g/mol. The molecule has 152 valence electrons. The van der Waals surface area contributed by atoms with Crippen LogP contribution in [0.3, 0.4) is 0 Å². The Labute approximate surface area is 168 Å². The van der Waals surface area contributed by atoms with Crippen molar-refractivity contribution in [3.05, 3.63) is 65.2 Å². The fourth-order valence-electron chi connectivity index (χ4n) is 3.22. The molecule has 3 rings (SSSR count). The van der Waals surface area contributed by atoms with Gasteiger partial charge in [-0.05, 0) is 44.2 Å². The van der Waals surface area contributed by atoms with Gasteiger partial charge in [-0.15, -0.1) is 0 Å². The average Bonchev–Trinajstić information content (AvgIpc) is 2.67. The van der Waals surface area contributed by atoms with Crippen LogP contribution in [0.4, 0.5) is 0 Å². The van der Waals surface area contributed by atoms with Crippen molar-refractivity contribution >= 4 is 11.8 Å². The van der Waals surface area contributed by atoms with Crippen LogP contribution in [-0.4, -0.2) is 39.1 Å². The van der Waals surface area contributed by atoms with Crippen molar-refractivity contribution in [2.24, 2.45) is 0 Å². The number of hydrazine groups is 1. The minimum atomic E-state index is -1.14. The largest absolute Gasteiger partial charge is 0.485 e. The summed E-state index contributed by atoms with van der Waals surface area (Å²) in [7, 11) is 0. The van der Waals surface area contributed by atoms with Crippen molar-refractivity contribution in [1.29, 1.82) is 5.26 Å². The third kappa shape index (κ3) is 4.21. The number of hydrogen-bond donors (Lipinski definition) is 2. The second kappa shape index (κ2) is 8.31. The fraction of sp³-hybridized carbons (Fsp3) is 0.286. The predicted octanol–water partition coefficient (Wildman–Crippen LogP) is 1.50. The summed E-state index contributed by atoms with van der Waals surface area (Å²) in [6.45, 7) is 4.70. The lowest BCUT2D eigenvalue weighted by molar-refractivity contribution is -0.147. The summed E-state index contributed by atoms with van der Waals surface area (Å²) < 4.78 is 5.87. The molecule has 1 heterocycles. The van der Waals surface area contributed by atoms with E-state index in [0.717, 1.165) is 5.01 Å². The van der Waals surface area contributed by atoms with E-state index in [1.54, 1.807) is 62.4 Å². The Hall–Kier alpha value is -3.41. The first-order valence-corrected chi connectivity index (χ1v) is 8.81. The van der Waals surface area contributed by atoms with Crippen LogP contribution < -0.4 is 10.2 Å². The van der Waals surface area contributed by atoms with E-state index < -0.39 is 29.6 Å². The van der Waals surface area contributed by atoms with Crippen LogP contribution in [0, 0.1) is 11.3 Å². The maximum absolute atomic E-state index is 12.6. The molecule has 0 fully saturated rings. The second-order valence-electron chi connectivity index (χ2n) is 7.16. The number of carbonyl (C=O) groups excluding carboxylic acids is 2. The Kier molecular flexibility index (Phi) is 6.27. The van der Waals surface area contributed by atoms with E-state index >= 15 is 0 Å². The number of carbonyl (C=O) groups is 2. The number of nitrogens with one attached hydrogen (secondary N) is 1. The van der Waals surface area contributed by atoms with E-state index in [1.807, 2.05) is 6.07 Å². The van der Waals surface area contributed by atoms with Crippen LogP contribution in [0.2, 0.25) is 0 Å². The summed E-state index contributed by atoms with van der Waals surface area (Å²) in [5.74, 6) is -0.496. The molecule has 8 nitrogen and oxygen atoms in total. The maximum atomic E-state index is 12.6. The Morgan fingerprint density at radius 3 is 2.45 bits per heavy atom. The minimum Gasteiger partial charge on any atom is -0.485 e. The van der Waals surface area contributed by atoms with E-state index in [9.17, 15) is 20.0 Å². The first-order valence-electron chi connectivity index (χ1n) is 8.81. The Morgan fingerprint density at radius 1 is 1.21 bits per heavy atom. The zero-order valence-electron chi connectivity index (χ0n) is 16.3. The van der Waals surface area contributed by atoms with Crippen LogP contribution in [0.1, 0.15) is 48.3 Å². The van der Waals surface area contributed by atoms with Crippen molar-refractivity contribution in [3.63, 3.8) is 0 Å². The molecule has 0 spiro atoms. The van der Waals surface area contributed by atoms with Crippen molar-refractivity contribution in [2.45, 2.75) is 38.5 Å². The molecule has 0 aromatic heterocycles. The van der Waals surface area contributed by atoms with E-state index in [1.165, 1.54) is 6.92 Å². The van der Waals surface area contributed by atoms with Crippen molar-refractivity contribution in [3.8, 4) is 11.8 Å². The van der Waals surface area contributed by atoms with E-state index in [4.69, 9.17) is 4.74 Å². The van der Waals surface area contributed by atoms with Crippen LogP contribution in [0.25, 0.3) is 0 Å². The van der Waals surface area contributed by atoms with Crippen molar-refractivity contribution in [2.75, 3.05) is 0 Å². The Bertz CT molecular complexity index is 953. The lowest BCUT2D eigenvalue weighted by Gasteiger charge is -2.45. The third-order valence-electron chi connectivity index (χ3n) is 4.72. The lowest BCUT2D eigenvalue weighted by atomic mass is 9.85. The van der Waals surface area contributed by atoms with Gasteiger partial charge in [0.15, 0.2) is 0 Å². The Balaban J connectivity index is 0.00000300. The number of fused-ring (bicyclic) bond motifs is 1. The molecule has 29 heavy (non-hydrogen) atoms. The highest BCUT2D eigenvalue weighted by Gasteiger charge is 2.47. The zero-order chi connectivity index (χ0) is 20.5. The molecular weight excluding hydrogens is 374 g/mol. The molecule has 2 aromatic rings. The number of aliphatic hydroxyl groups is 1. The van der Waals surface area contributed by atoms with E-state index in [0.29, 0.717) is 22.4 Å². The zero-order valence-corrected chi connectivity index (χ0v) is 16.3. The second-order valence-corrected chi connectivity index (χ2v) is 7.16. The summed E-state index contributed by atoms with van der Waals surface area (Å²) in [5, 5.41) is 21.3. The maximum Gasteiger partial charge on any atom is 0.269 e. The molecule has 1 aliphatic heterocycles. The molecule has 8 heteroatoms. The number of ether oxygens (including phenoxy) is 1. The van der Waals surface area contributed by atoms with Crippen LogP contribution >= 0.6 is 0 Å². The SMILES string of the molecule is CC(=O)N(NC(=O)c1ccccc1)[C@@H]1c2cc(C#N)ccc2OC(C)(C)[C@H]1O.O. The first kappa shape index (κ1) is 21.9. The van der Waals surface area contributed by atoms with E-state index in [2.05, 4.69) is 5.43 Å². The smallest absolute Gasteiger partial charge is 0.269 e. The molecule has 4 N–H and O–H groups in total. The molecule has 2 atom stereocenters. The van der Waals surface area contributed by atoms with Gasteiger partial charge in [0.1, 0.15) is 23.5 Å². The van der Waals surface area contributed by atoms with Crippen LogP contribution in [-0.2, 0) is 4.79 Å². The van der Waals surface area contributed by atoms with E-state index in [-0.39, 0.29) is 5.48 Å². The van der Waals surface area contributed by atoms with Crippen molar-refractivity contribution < 1.29 is 24.9 Å². The van der Waals surface area contributed by atoms with Crippen LogP contribution in [0.5, 0.6) is 5.75 Å². The molecular formula is C21H23N3O5. The van der Waals surface area contributed by atoms with Gasteiger partial charge >= 0.3 is 0 Å². The average molecular weight is 397 g/mol. The van der Waals surface area contributed by atoms with Crippen molar-refractivity contribution in [1.82, 2.24) is 10.4 Å². The summed E-state index contributed by atoms with van der Waals surface area (Å²) in [6.07, 6.45) is -1.14. The summed E-state index contributed by atoms with van der Waals surface area (Å²) in [4.78, 5) is 25.1. The molecule has 2 amide bonds. The normalized spacial score (nSPS) is 18.9. The van der Waals surface area contributed by atoms with Crippen LogP contribution in [0.15, 0.2) is 48.5 Å². The highest BCUT2D eigenvalue weighted by atomic mass is 16.5. The molecule has 0 saturated heterocycles. The molecule has 1 aliphatic rings. The molecule has 0 radical (unpaired) electrons. The number of amides is 2. The van der Waals surface area contributed by atoms with Gasteiger partial charge in [-0.25, -0.2) is 5.01 Å². The standard InChI is InChI=1S/C21H21N3O4.H2O/c1-13(25)24(23-20(27)15-7-5-4-6-8-15)18-16-11-14(12-22)9-10-17(16)28-21(2,3)19(18)26;/h4-11,18-19,26H,1-3H3,(H,23,27);1H2/t18-,19+;/m1./s1. The number of aliphatic hydroxyl groups excluding tert-OH is 1. The molecule has 0 saturated carbocycles. The topological polar surface area (TPSA) is 134 Å². The number of hydrogen-bond acceptors (Lipinski definition) is 5. The van der Waals surface area contributed by atoms with Gasteiger partial charge in [-0.1, -0.05) is 18.2 Å². The van der Waals surface area contributed by atoms with Gasteiger partial charge in [-0.3, -0.25) is 15.0 Å². The fourth-order valence-corrected chi connectivity index (χ4v) is 3.22. The minimum absolute atomic E-state index is 0. The third-order valence-corrected chi connectivity index (χ3v) is 4.72. The lowest BCUT2D eigenvalue weighted by Crippen LogP contribution is -2.58. The van der Waals surface area contributed by atoms with Gasteiger partial charge in [-0.2, -0.15) is 5.26 Å². The molecule has 0 unspecified atom stereocenters. The van der Waals surface area contributed by atoms with Gasteiger partial charge in [0.2, 0.25) is 5.91 Å². The number of nitrogens with zero attached hydrogens (tertiary/aromatic N) is 2. The van der Waals surface area contributed by atoms with Gasteiger partial charge in [0, 0.05) is 18.1 Å². The Morgan fingerprint density at radius 2 is 1.86 bits per heavy atom. The number of benzene rings is 2. The summed E-state index contributed by atoms with van der Waals surface area (Å²) >= 11 is 0. The first-order chi connectivity index (χ1) is 13.2. The number of nitriles is 1. The highest BCUT2D eigenvalue weighted by molar-refractivity contribution is 5.95. The van der Waals surface area contributed by atoms with Gasteiger partial charge in [0.05, 0.1) is 11.6 Å². The van der Waals surface area contributed by atoms with Gasteiger partial charge in [0.25, 0.3) is 5.91 Å².